The number of ether oxygens (including phenoxy) is 1. The first kappa shape index (κ1) is 15.6. The topological polar surface area (TPSA) is 55.3 Å². The van der Waals surface area contributed by atoms with Crippen LogP contribution in [0.1, 0.15) is 22.1 Å². The van der Waals surface area contributed by atoms with Crippen LogP contribution in [0, 0.1) is 11.7 Å². The van der Waals surface area contributed by atoms with Crippen LogP contribution >= 0.6 is 0 Å². The standard InChI is InChI=1S/C17H18FN3O2/c1-23-11-12-9-21(10-14(12)15-4-2-3-7-19-15)17(22)16-6-5-13(18)8-20-16/h2-8,12,14H,9-11H2,1H3/t12-,14+/m0/s1. The van der Waals surface area contributed by atoms with Crippen molar-refractivity contribution in [1.82, 2.24) is 14.9 Å². The molecule has 1 saturated heterocycles. The van der Waals surface area contributed by atoms with E-state index in [-0.39, 0.29) is 23.4 Å². The molecule has 3 heterocycles. The number of likely N-dealkylation sites (tertiary alicyclic amines) is 1. The van der Waals surface area contributed by atoms with Crippen molar-refractivity contribution < 1.29 is 13.9 Å². The van der Waals surface area contributed by atoms with Gasteiger partial charge in [0.1, 0.15) is 11.5 Å². The SMILES string of the molecule is COC[C@@H]1CN(C(=O)c2ccc(F)cn2)C[C@H]1c1ccccn1. The summed E-state index contributed by atoms with van der Waals surface area (Å²) in [5.74, 6) is -0.337. The van der Waals surface area contributed by atoms with Gasteiger partial charge in [-0.3, -0.25) is 9.78 Å². The predicted octanol–water partition coefficient (Wildman–Crippen LogP) is 2.12. The molecule has 1 fully saturated rings. The number of methoxy groups -OCH3 is 1. The highest BCUT2D eigenvalue weighted by atomic mass is 19.1. The fourth-order valence-corrected chi connectivity index (χ4v) is 3.01. The monoisotopic (exact) mass is 315 g/mol. The Balaban J connectivity index is 1.79. The van der Waals surface area contributed by atoms with E-state index >= 15 is 0 Å². The molecule has 0 radical (unpaired) electrons. The number of pyridine rings is 2. The molecule has 23 heavy (non-hydrogen) atoms. The zero-order valence-corrected chi connectivity index (χ0v) is 12.9. The summed E-state index contributed by atoms with van der Waals surface area (Å²) in [6.07, 6.45) is 2.82. The van der Waals surface area contributed by atoms with Crippen LogP contribution < -0.4 is 0 Å². The molecular formula is C17H18FN3O2. The highest BCUT2D eigenvalue weighted by Crippen LogP contribution is 2.32. The zero-order valence-electron chi connectivity index (χ0n) is 12.9. The number of amides is 1. The van der Waals surface area contributed by atoms with Crippen LogP contribution in [0.5, 0.6) is 0 Å². The summed E-state index contributed by atoms with van der Waals surface area (Å²) in [6.45, 7) is 1.69. The first-order chi connectivity index (χ1) is 11.2. The first-order valence-corrected chi connectivity index (χ1v) is 7.49. The molecule has 0 saturated carbocycles. The van der Waals surface area contributed by atoms with Gasteiger partial charge in [-0.1, -0.05) is 6.07 Å². The lowest BCUT2D eigenvalue weighted by Crippen LogP contribution is -2.30. The molecule has 2 aromatic rings. The molecule has 2 atom stereocenters. The highest BCUT2D eigenvalue weighted by Gasteiger charge is 2.37. The van der Waals surface area contributed by atoms with Crippen LogP contribution in [0.25, 0.3) is 0 Å². The lowest BCUT2D eigenvalue weighted by atomic mass is 9.93. The Morgan fingerprint density at radius 2 is 2.17 bits per heavy atom. The minimum absolute atomic E-state index is 0.126. The van der Waals surface area contributed by atoms with Gasteiger partial charge in [-0.05, 0) is 24.3 Å². The minimum Gasteiger partial charge on any atom is -0.384 e. The average Bonchev–Trinajstić information content (AvgIpc) is 3.00. The van der Waals surface area contributed by atoms with Crippen LogP contribution in [-0.4, -0.2) is 47.6 Å². The molecule has 0 N–H and O–H groups in total. The van der Waals surface area contributed by atoms with E-state index in [9.17, 15) is 9.18 Å². The average molecular weight is 315 g/mol. The fraction of sp³-hybridized carbons (Fsp3) is 0.353. The van der Waals surface area contributed by atoms with Gasteiger partial charge in [0.05, 0.1) is 12.8 Å². The number of hydrogen-bond donors (Lipinski definition) is 0. The Kier molecular flexibility index (Phi) is 4.62. The summed E-state index contributed by atoms with van der Waals surface area (Å²) in [6, 6.07) is 8.45. The van der Waals surface area contributed by atoms with E-state index in [1.807, 2.05) is 18.2 Å². The highest BCUT2D eigenvalue weighted by molar-refractivity contribution is 5.92. The zero-order chi connectivity index (χ0) is 16.2. The van der Waals surface area contributed by atoms with E-state index in [0.29, 0.717) is 19.7 Å². The Hall–Kier alpha value is -2.34. The molecule has 0 spiro atoms. The van der Waals surface area contributed by atoms with Crippen molar-refractivity contribution >= 4 is 5.91 Å². The summed E-state index contributed by atoms with van der Waals surface area (Å²) in [7, 11) is 1.65. The molecule has 0 aromatic carbocycles. The number of rotatable bonds is 4. The largest absolute Gasteiger partial charge is 0.384 e. The molecular weight excluding hydrogens is 297 g/mol. The minimum atomic E-state index is -0.452. The van der Waals surface area contributed by atoms with Gasteiger partial charge in [0.2, 0.25) is 0 Å². The third-order valence-corrected chi connectivity index (χ3v) is 4.12. The number of carbonyl (C=O) groups excluding carboxylic acids is 1. The maximum absolute atomic E-state index is 13.0. The number of nitrogens with zero attached hydrogens (tertiary/aromatic N) is 3. The molecule has 1 aliphatic heterocycles. The third kappa shape index (κ3) is 3.37. The second kappa shape index (κ2) is 6.83. The van der Waals surface area contributed by atoms with Crippen molar-refractivity contribution in [2.24, 2.45) is 5.92 Å². The van der Waals surface area contributed by atoms with Gasteiger partial charge in [-0.25, -0.2) is 9.37 Å². The normalized spacial score (nSPS) is 20.7. The molecule has 1 amide bonds. The van der Waals surface area contributed by atoms with E-state index in [2.05, 4.69) is 9.97 Å². The lowest BCUT2D eigenvalue weighted by Gasteiger charge is -2.16. The Morgan fingerprint density at radius 1 is 1.30 bits per heavy atom. The Bertz CT molecular complexity index is 663. The molecule has 6 heteroatoms. The van der Waals surface area contributed by atoms with Crippen molar-refractivity contribution in [2.75, 3.05) is 26.8 Å². The van der Waals surface area contributed by atoms with Crippen LogP contribution in [0.15, 0.2) is 42.7 Å². The van der Waals surface area contributed by atoms with Crippen molar-refractivity contribution in [3.05, 3.63) is 59.9 Å². The quantitative estimate of drug-likeness (QED) is 0.867. The molecule has 1 aliphatic rings. The van der Waals surface area contributed by atoms with Crippen molar-refractivity contribution in [1.29, 1.82) is 0 Å². The van der Waals surface area contributed by atoms with Crippen LogP contribution in [-0.2, 0) is 4.74 Å². The fourth-order valence-electron chi connectivity index (χ4n) is 3.01. The van der Waals surface area contributed by atoms with Crippen LogP contribution in [0.2, 0.25) is 0 Å². The predicted molar refractivity (Wildman–Crippen MR) is 82.4 cm³/mol. The van der Waals surface area contributed by atoms with Crippen LogP contribution in [0.4, 0.5) is 4.39 Å². The summed E-state index contributed by atoms with van der Waals surface area (Å²) < 4.78 is 18.3. The van der Waals surface area contributed by atoms with Gasteiger partial charge in [0.15, 0.2) is 0 Å². The van der Waals surface area contributed by atoms with E-state index < -0.39 is 5.82 Å². The number of aromatic nitrogens is 2. The molecule has 120 valence electrons. The van der Waals surface area contributed by atoms with Gasteiger partial charge in [-0.2, -0.15) is 0 Å². The maximum Gasteiger partial charge on any atom is 0.272 e. The molecule has 0 unspecified atom stereocenters. The Labute approximate surface area is 134 Å². The van der Waals surface area contributed by atoms with Gasteiger partial charge in [-0.15, -0.1) is 0 Å². The van der Waals surface area contributed by atoms with E-state index in [4.69, 9.17) is 4.74 Å². The van der Waals surface area contributed by atoms with E-state index in [0.717, 1.165) is 11.9 Å². The van der Waals surface area contributed by atoms with E-state index in [1.54, 1.807) is 18.2 Å². The summed E-state index contributed by atoms with van der Waals surface area (Å²) in [5.41, 5.74) is 1.21. The van der Waals surface area contributed by atoms with Crippen LogP contribution in [0.3, 0.4) is 0 Å². The Morgan fingerprint density at radius 3 is 2.83 bits per heavy atom. The summed E-state index contributed by atoms with van der Waals surface area (Å²) >= 11 is 0. The smallest absolute Gasteiger partial charge is 0.272 e. The lowest BCUT2D eigenvalue weighted by molar-refractivity contribution is 0.0769. The van der Waals surface area contributed by atoms with E-state index in [1.165, 1.54) is 12.1 Å². The third-order valence-electron chi connectivity index (χ3n) is 4.12. The van der Waals surface area contributed by atoms with Gasteiger partial charge < -0.3 is 9.64 Å². The second-order valence-electron chi connectivity index (χ2n) is 5.65. The van der Waals surface area contributed by atoms with Gasteiger partial charge in [0, 0.05) is 43.9 Å². The summed E-state index contributed by atoms with van der Waals surface area (Å²) in [4.78, 5) is 22.6. The van der Waals surface area contributed by atoms with Gasteiger partial charge >= 0.3 is 0 Å². The van der Waals surface area contributed by atoms with Crippen molar-refractivity contribution in [3.63, 3.8) is 0 Å². The van der Waals surface area contributed by atoms with Crippen molar-refractivity contribution in [3.8, 4) is 0 Å². The first-order valence-electron chi connectivity index (χ1n) is 7.49. The molecule has 2 aromatic heterocycles. The molecule has 0 aliphatic carbocycles. The second-order valence-corrected chi connectivity index (χ2v) is 5.65. The van der Waals surface area contributed by atoms with Crippen molar-refractivity contribution in [2.45, 2.75) is 5.92 Å². The molecule has 0 bridgehead atoms. The van der Waals surface area contributed by atoms with Gasteiger partial charge in [0.25, 0.3) is 5.91 Å². The number of halogens is 1. The number of hydrogen-bond acceptors (Lipinski definition) is 4. The molecule has 3 rings (SSSR count). The summed E-state index contributed by atoms with van der Waals surface area (Å²) in [5, 5.41) is 0. The number of carbonyl (C=O) groups is 1. The molecule has 5 nitrogen and oxygen atoms in total. The maximum atomic E-state index is 13.0.